The van der Waals surface area contributed by atoms with Crippen LogP contribution in [0.2, 0.25) is 0 Å². The van der Waals surface area contributed by atoms with E-state index < -0.39 is 0 Å². The molecule has 1 aliphatic heterocycles. The number of aliphatic hydroxyl groups is 1. The van der Waals surface area contributed by atoms with Gasteiger partial charge in [-0.05, 0) is 48.9 Å². The molecule has 0 bridgehead atoms. The molecule has 1 N–H and O–H groups in total. The number of benzene rings is 1. The fourth-order valence-electron chi connectivity index (χ4n) is 3.56. The Morgan fingerprint density at radius 2 is 2.08 bits per heavy atom. The number of methoxy groups -OCH3 is 1. The van der Waals surface area contributed by atoms with Crippen molar-refractivity contribution in [2.75, 3.05) is 20.2 Å². The van der Waals surface area contributed by atoms with Gasteiger partial charge in [0.05, 0.1) is 18.5 Å². The van der Waals surface area contributed by atoms with Crippen LogP contribution in [0.25, 0.3) is 6.08 Å². The first kappa shape index (κ1) is 17.3. The molecule has 1 atom stereocenters. The second-order valence-electron chi connectivity index (χ2n) is 7.33. The van der Waals surface area contributed by atoms with Crippen LogP contribution in [-0.4, -0.2) is 40.0 Å². The summed E-state index contributed by atoms with van der Waals surface area (Å²) in [5.41, 5.74) is 3.26. The van der Waals surface area contributed by atoms with E-state index in [0.717, 1.165) is 56.9 Å². The van der Waals surface area contributed by atoms with Gasteiger partial charge in [0.2, 0.25) is 0 Å². The van der Waals surface area contributed by atoms with Gasteiger partial charge in [0.1, 0.15) is 11.9 Å². The average Bonchev–Trinajstić information content (AvgIpc) is 3.46. The summed E-state index contributed by atoms with van der Waals surface area (Å²) in [6.07, 6.45) is 7.34. The van der Waals surface area contributed by atoms with Crippen molar-refractivity contribution in [1.82, 2.24) is 14.7 Å². The largest absolute Gasteiger partial charge is 0.497 e. The minimum atomic E-state index is -0.377. The summed E-state index contributed by atoms with van der Waals surface area (Å²) in [5, 5.41) is 15.0. The van der Waals surface area contributed by atoms with Crippen molar-refractivity contribution in [3.8, 4) is 5.75 Å². The van der Waals surface area contributed by atoms with E-state index in [4.69, 9.17) is 4.74 Å². The predicted molar refractivity (Wildman–Crippen MR) is 102 cm³/mol. The monoisotopic (exact) mass is 353 g/mol. The van der Waals surface area contributed by atoms with Crippen molar-refractivity contribution < 1.29 is 9.84 Å². The van der Waals surface area contributed by atoms with Crippen LogP contribution in [0.3, 0.4) is 0 Å². The molecule has 1 saturated carbocycles. The highest BCUT2D eigenvalue weighted by molar-refractivity contribution is 5.50. The fraction of sp³-hybridized carbons (Fsp3) is 0.476. The van der Waals surface area contributed by atoms with Crippen LogP contribution in [0, 0.1) is 5.92 Å². The summed E-state index contributed by atoms with van der Waals surface area (Å²) in [6.45, 7) is 3.80. The molecule has 1 aliphatic carbocycles. The summed E-state index contributed by atoms with van der Waals surface area (Å²) in [7, 11) is 1.68. The predicted octanol–water partition coefficient (Wildman–Crippen LogP) is 3.25. The molecule has 1 aromatic heterocycles. The Hall–Kier alpha value is -2.11. The van der Waals surface area contributed by atoms with Crippen LogP contribution in [0.15, 0.2) is 36.4 Å². The highest BCUT2D eigenvalue weighted by Gasteiger charge is 2.33. The van der Waals surface area contributed by atoms with Crippen LogP contribution in [-0.2, 0) is 13.1 Å². The second kappa shape index (κ2) is 7.64. The Bertz CT molecular complexity index is 762. The summed E-state index contributed by atoms with van der Waals surface area (Å²) >= 11 is 0. The Morgan fingerprint density at radius 3 is 2.81 bits per heavy atom. The number of rotatable bonds is 6. The standard InChI is InChI=1S/C21H27N3O2/c1-26-19-9-5-16(6-10-19)4-2-11-23-12-3-13-24-18(15-23)14-20(22-24)21(25)17-7-8-17/h2,4-6,9-10,14,17,21,25H,3,7-8,11-13,15H2,1H3. The molecule has 0 amide bonds. The summed E-state index contributed by atoms with van der Waals surface area (Å²) < 4.78 is 7.29. The first-order valence-electron chi connectivity index (χ1n) is 9.50. The lowest BCUT2D eigenvalue weighted by Crippen LogP contribution is -2.23. The lowest BCUT2D eigenvalue weighted by molar-refractivity contribution is 0.148. The Morgan fingerprint density at radius 1 is 1.27 bits per heavy atom. The third kappa shape index (κ3) is 4.00. The maximum absolute atomic E-state index is 10.3. The summed E-state index contributed by atoms with van der Waals surface area (Å²) in [6, 6.07) is 10.2. The molecule has 1 aromatic carbocycles. The zero-order chi connectivity index (χ0) is 17.9. The van der Waals surface area contributed by atoms with E-state index in [1.807, 2.05) is 12.1 Å². The van der Waals surface area contributed by atoms with Crippen LogP contribution in [0.5, 0.6) is 5.75 Å². The lowest BCUT2D eigenvalue weighted by atomic mass is 10.1. The van der Waals surface area contributed by atoms with Crippen LogP contribution >= 0.6 is 0 Å². The highest BCUT2D eigenvalue weighted by atomic mass is 16.5. The molecule has 5 nitrogen and oxygen atoms in total. The average molecular weight is 353 g/mol. The molecule has 2 aliphatic rings. The third-order valence-electron chi connectivity index (χ3n) is 5.27. The zero-order valence-corrected chi connectivity index (χ0v) is 15.3. The number of fused-ring (bicyclic) bond motifs is 1. The highest BCUT2D eigenvalue weighted by Crippen LogP contribution is 2.40. The molecule has 4 rings (SSSR count). The molecule has 2 heterocycles. The molecule has 0 radical (unpaired) electrons. The van der Waals surface area contributed by atoms with Gasteiger partial charge in [0.15, 0.2) is 0 Å². The van der Waals surface area contributed by atoms with Crippen molar-refractivity contribution in [3.63, 3.8) is 0 Å². The maximum atomic E-state index is 10.3. The fourth-order valence-corrected chi connectivity index (χ4v) is 3.56. The first-order valence-corrected chi connectivity index (χ1v) is 9.50. The maximum Gasteiger partial charge on any atom is 0.118 e. The van der Waals surface area contributed by atoms with Crippen LogP contribution < -0.4 is 4.74 Å². The number of hydrogen-bond donors (Lipinski definition) is 1. The summed E-state index contributed by atoms with van der Waals surface area (Å²) in [5.74, 6) is 1.31. The molecule has 1 unspecified atom stereocenters. The summed E-state index contributed by atoms with van der Waals surface area (Å²) in [4.78, 5) is 2.44. The van der Waals surface area contributed by atoms with Crippen LogP contribution in [0.1, 0.15) is 42.3 Å². The minimum Gasteiger partial charge on any atom is -0.497 e. The normalized spacial score (nSPS) is 19.3. The smallest absolute Gasteiger partial charge is 0.118 e. The van der Waals surface area contributed by atoms with E-state index in [1.54, 1.807) is 7.11 Å². The van der Waals surface area contributed by atoms with E-state index in [1.165, 1.54) is 11.3 Å². The van der Waals surface area contributed by atoms with Gasteiger partial charge in [0, 0.05) is 26.2 Å². The Labute approximate surface area is 154 Å². The van der Waals surface area contributed by atoms with Gasteiger partial charge >= 0.3 is 0 Å². The number of nitrogens with zero attached hydrogens (tertiary/aromatic N) is 3. The number of ether oxygens (including phenoxy) is 1. The Kier molecular flexibility index (Phi) is 5.09. The van der Waals surface area contributed by atoms with E-state index >= 15 is 0 Å². The van der Waals surface area contributed by atoms with Crippen molar-refractivity contribution in [2.24, 2.45) is 5.92 Å². The molecule has 5 heteroatoms. The number of hydrogen-bond acceptors (Lipinski definition) is 4. The molecular weight excluding hydrogens is 326 g/mol. The molecule has 1 fully saturated rings. The zero-order valence-electron chi connectivity index (χ0n) is 15.3. The quantitative estimate of drug-likeness (QED) is 0.866. The molecule has 26 heavy (non-hydrogen) atoms. The van der Waals surface area contributed by atoms with E-state index in [9.17, 15) is 5.11 Å². The van der Waals surface area contributed by atoms with Gasteiger partial charge in [0.25, 0.3) is 0 Å². The number of aryl methyl sites for hydroxylation is 1. The molecule has 0 saturated heterocycles. The van der Waals surface area contributed by atoms with Crippen molar-refractivity contribution in [1.29, 1.82) is 0 Å². The second-order valence-corrected chi connectivity index (χ2v) is 7.33. The van der Waals surface area contributed by atoms with Crippen molar-refractivity contribution >= 4 is 6.08 Å². The van der Waals surface area contributed by atoms with Gasteiger partial charge in [-0.25, -0.2) is 0 Å². The van der Waals surface area contributed by atoms with Gasteiger partial charge in [-0.1, -0.05) is 24.3 Å². The third-order valence-corrected chi connectivity index (χ3v) is 5.27. The van der Waals surface area contributed by atoms with E-state index in [-0.39, 0.29) is 6.10 Å². The van der Waals surface area contributed by atoms with E-state index in [2.05, 4.69) is 45.0 Å². The first-order chi connectivity index (χ1) is 12.7. The van der Waals surface area contributed by atoms with Crippen molar-refractivity contribution in [2.45, 2.75) is 38.5 Å². The van der Waals surface area contributed by atoms with Gasteiger partial charge < -0.3 is 9.84 Å². The van der Waals surface area contributed by atoms with E-state index in [0.29, 0.717) is 5.92 Å². The van der Waals surface area contributed by atoms with Crippen molar-refractivity contribution in [3.05, 3.63) is 53.4 Å². The lowest BCUT2D eigenvalue weighted by Gasteiger charge is -2.17. The Balaban J connectivity index is 1.37. The SMILES string of the molecule is COc1ccc(C=CCN2CCCn3nc(C(O)C4CC4)cc3C2)cc1. The molecule has 138 valence electrons. The minimum absolute atomic E-state index is 0.377. The van der Waals surface area contributed by atoms with Gasteiger partial charge in [-0.15, -0.1) is 0 Å². The molecular formula is C21H27N3O2. The molecule has 2 aromatic rings. The molecule has 0 spiro atoms. The number of aliphatic hydroxyl groups excluding tert-OH is 1. The van der Waals surface area contributed by atoms with Gasteiger partial charge in [-0.3, -0.25) is 9.58 Å². The topological polar surface area (TPSA) is 50.5 Å². The number of aromatic nitrogens is 2. The van der Waals surface area contributed by atoms with Crippen LogP contribution in [0.4, 0.5) is 0 Å². The van der Waals surface area contributed by atoms with Gasteiger partial charge in [-0.2, -0.15) is 5.10 Å².